The van der Waals surface area contributed by atoms with E-state index in [1.807, 2.05) is 7.11 Å². The van der Waals surface area contributed by atoms with Crippen molar-refractivity contribution in [2.45, 2.75) is 50.7 Å². The molecule has 1 N–H and O–H groups in total. The minimum atomic E-state index is 0.112. The highest BCUT2D eigenvalue weighted by Gasteiger charge is 2.37. The van der Waals surface area contributed by atoms with Crippen LogP contribution in [0, 0.1) is 0 Å². The molecule has 18 heavy (non-hydrogen) atoms. The predicted octanol–water partition coefficient (Wildman–Crippen LogP) is 3.69. The molecule has 0 aliphatic heterocycles. The zero-order valence-corrected chi connectivity index (χ0v) is 11.6. The number of nitrogens with one attached hydrogen (secondary N) is 1. The Hall–Kier alpha value is -0.860. The van der Waals surface area contributed by atoms with Gasteiger partial charge in [-0.25, -0.2) is 0 Å². The largest absolute Gasteiger partial charge is 0.377 e. The van der Waals surface area contributed by atoms with Crippen molar-refractivity contribution in [2.24, 2.45) is 0 Å². The smallest absolute Gasteiger partial charge is 0.0802 e. The molecule has 0 saturated heterocycles. The number of hydrogen-bond donors (Lipinski definition) is 1. The molecule has 1 fully saturated rings. The zero-order chi connectivity index (χ0) is 12.8. The molecule has 0 bridgehead atoms. The Kier molecular flexibility index (Phi) is 4.79. The summed E-state index contributed by atoms with van der Waals surface area (Å²) in [5.41, 5.74) is 1.51. The topological polar surface area (TPSA) is 21.3 Å². The fourth-order valence-corrected chi connectivity index (χ4v) is 2.69. The summed E-state index contributed by atoms with van der Waals surface area (Å²) < 4.78 is 5.68. The van der Waals surface area contributed by atoms with Gasteiger partial charge in [-0.1, -0.05) is 43.7 Å². The first-order valence-electron chi connectivity index (χ1n) is 7.13. The average Bonchev–Trinajstić information content (AvgIpc) is 2.38. The van der Waals surface area contributed by atoms with Crippen molar-refractivity contribution < 1.29 is 4.74 Å². The van der Waals surface area contributed by atoms with Gasteiger partial charge in [0, 0.05) is 19.7 Å². The third-order valence-corrected chi connectivity index (χ3v) is 4.15. The van der Waals surface area contributed by atoms with Crippen molar-refractivity contribution in [1.82, 2.24) is 5.32 Å². The maximum absolute atomic E-state index is 5.68. The average molecular weight is 247 g/mol. The predicted molar refractivity (Wildman–Crippen MR) is 75.7 cm³/mol. The lowest BCUT2D eigenvalue weighted by molar-refractivity contribution is -0.0710. The molecule has 1 aromatic carbocycles. The van der Waals surface area contributed by atoms with Gasteiger partial charge in [-0.3, -0.25) is 0 Å². The fourth-order valence-electron chi connectivity index (χ4n) is 2.69. The Balaban J connectivity index is 1.94. The van der Waals surface area contributed by atoms with Crippen molar-refractivity contribution >= 4 is 0 Å². The summed E-state index contributed by atoms with van der Waals surface area (Å²) >= 11 is 0. The van der Waals surface area contributed by atoms with E-state index in [4.69, 9.17) is 4.74 Å². The standard InChI is InChI=1S/C16H25NO/c1-3-8-15(14-9-5-4-6-10-14)17-13-16(18-2)11-7-12-16/h4-6,9-10,15,17H,3,7-8,11-13H2,1-2H3. The summed E-state index contributed by atoms with van der Waals surface area (Å²) in [7, 11) is 1.85. The van der Waals surface area contributed by atoms with Crippen molar-refractivity contribution in [3.05, 3.63) is 35.9 Å². The van der Waals surface area contributed by atoms with Crippen LogP contribution in [-0.4, -0.2) is 19.3 Å². The van der Waals surface area contributed by atoms with Crippen LogP contribution in [0.3, 0.4) is 0 Å². The lowest BCUT2D eigenvalue weighted by atomic mass is 9.79. The van der Waals surface area contributed by atoms with Crippen LogP contribution < -0.4 is 5.32 Å². The molecule has 1 unspecified atom stereocenters. The number of rotatable bonds is 7. The Bertz CT molecular complexity index is 340. The Morgan fingerprint density at radius 3 is 2.50 bits per heavy atom. The van der Waals surface area contributed by atoms with Crippen LogP contribution in [0.5, 0.6) is 0 Å². The monoisotopic (exact) mass is 247 g/mol. The summed E-state index contributed by atoms with van der Waals surface area (Å²) in [6.45, 7) is 3.22. The van der Waals surface area contributed by atoms with Gasteiger partial charge in [0.1, 0.15) is 0 Å². The van der Waals surface area contributed by atoms with E-state index in [0.717, 1.165) is 6.54 Å². The van der Waals surface area contributed by atoms with E-state index in [-0.39, 0.29) is 5.60 Å². The molecule has 0 aromatic heterocycles. The van der Waals surface area contributed by atoms with Gasteiger partial charge in [-0.05, 0) is 31.2 Å². The van der Waals surface area contributed by atoms with Crippen LogP contribution in [0.25, 0.3) is 0 Å². The lowest BCUT2D eigenvalue weighted by Gasteiger charge is -2.41. The number of hydrogen-bond acceptors (Lipinski definition) is 2. The lowest BCUT2D eigenvalue weighted by Crippen LogP contribution is -2.48. The van der Waals surface area contributed by atoms with Gasteiger partial charge < -0.3 is 10.1 Å². The van der Waals surface area contributed by atoms with E-state index in [1.165, 1.54) is 37.7 Å². The second-order valence-corrected chi connectivity index (χ2v) is 5.37. The van der Waals surface area contributed by atoms with Gasteiger partial charge >= 0.3 is 0 Å². The van der Waals surface area contributed by atoms with Crippen molar-refractivity contribution in [3.63, 3.8) is 0 Å². The highest BCUT2D eigenvalue weighted by atomic mass is 16.5. The fraction of sp³-hybridized carbons (Fsp3) is 0.625. The maximum atomic E-state index is 5.68. The molecule has 2 heteroatoms. The quantitative estimate of drug-likeness (QED) is 0.793. The maximum Gasteiger partial charge on any atom is 0.0802 e. The molecule has 1 aliphatic carbocycles. The van der Waals surface area contributed by atoms with Gasteiger partial charge in [-0.15, -0.1) is 0 Å². The molecule has 1 aromatic rings. The van der Waals surface area contributed by atoms with Gasteiger partial charge in [0.2, 0.25) is 0 Å². The summed E-state index contributed by atoms with van der Waals surface area (Å²) in [6, 6.07) is 11.2. The van der Waals surface area contributed by atoms with Crippen LogP contribution in [0.1, 0.15) is 50.6 Å². The van der Waals surface area contributed by atoms with E-state index < -0.39 is 0 Å². The Morgan fingerprint density at radius 1 is 1.28 bits per heavy atom. The van der Waals surface area contributed by atoms with Gasteiger partial charge in [0.25, 0.3) is 0 Å². The first kappa shape index (κ1) is 13.6. The molecule has 0 heterocycles. The molecule has 2 rings (SSSR count). The molecule has 2 nitrogen and oxygen atoms in total. The molecule has 0 radical (unpaired) electrons. The second kappa shape index (κ2) is 6.35. The third kappa shape index (κ3) is 3.12. The van der Waals surface area contributed by atoms with Gasteiger partial charge in [0.05, 0.1) is 5.60 Å². The van der Waals surface area contributed by atoms with Crippen LogP contribution in [-0.2, 0) is 4.74 Å². The first-order valence-corrected chi connectivity index (χ1v) is 7.13. The van der Waals surface area contributed by atoms with Crippen LogP contribution >= 0.6 is 0 Å². The highest BCUT2D eigenvalue weighted by molar-refractivity contribution is 5.19. The van der Waals surface area contributed by atoms with Crippen molar-refractivity contribution in [2.75, 3.05) is 13.7 Å². The SMILES string of the molecule is CCCC(NCC1(OC)CCC1)c1ccccc1. The van der Waals surface area contributed by atoms with E-state index in [1.54, 1.807) is 0 Å². The van der Waals surface area contributed by atoms with Crippen LogP contribution in [0.15, 0.2) is 30.3 Å². The highest BCUT2D eigenvalue weighted by Crippen LogP contribution is 2.35. The number of benzene rings is 1. The second-order valence-electron chi connectivity index (χ2n) is 5.37. The zero-order valence-electron chi connectivity index (χ0n) is 11.6. The molecular weight excluding hydrogens is 222 g/mol. The normalized spacial score (nSPS) is 19.2. The van der Waals surface area contributed by atoms with E-state index in [0.29, 0.717) is 6.04 Å². The first-order chi connectivity index (χ1) is 8.79. The Labute approximate surface area is 111 Å². The molecule has 0 amide bonds. The number of ether oxygens (including phenoxy) is 1. The van der Waals surface area contributed by atoms with Crippen molar-refractivity contribution in [3.8, 4) is 0 Å². The molecule has 0 spiro atoms. The summed E-state index contributed by atoms with van der Waals surface area (Å²) in [4.78, 5) is 0. The third-order valence-electron chi connectivity index (χ3n) is 4.15. The van der Waals surface area contributed by atoms with E-state index >= 15 is 0 Å². The molecule has 1 atom stereocenters. The van der Waals surface area contributed by atoms with Gasteiger partial charge in [0.15, 0.2) is 0 Å². The summed E-state index contributed by atoms with van der Waals surface area (Å²) in [6.07, 6.45) is 6.09. The van der Waals surface area contributed by atoms with Gasteiger partial charge in [-0.2, -0.15) is 0 Å². The molecular formula is C16H25NO. The molecule has 100 valence electrons. The molecule has 1 saturated carbocycles. The summed E-state index contributed by atoms with van der Waals surface area (Å²) in [5, 5.41) is 3.71. The van der Waals surface area contributed by atoms with Crippen LogP contribution in [0.2, 0.25) is 0 Å². The van der Waals surface area contributed by atoms with E-state index in [2.05, 4.69) is 42.6 Å². The molecule has 1 aliphatic rings. The van der Waals surface area contributed by atoms with E-state index in [9.17, 15) is 0 Å². The van der Waals surface area contributed by atoms with Crippen molar-refractivity contribution in [1.29, 1.82) is 0 Å². The number of methoxy groups -OCH3 is 1. The minimum absolute atomic E-state index is 0.112. The van der Waals surface area contributed by atoms with Crippen LogP contribution in [0.4, 0.5) is 0 Å². The summed E-state index contributed by atoms with van der Waals surface area (Å²) in [5.74, 6) is 0. The Morgan fingerprint density at radius 2 is 2.00 bits per heavy atom. The minimum Gasteiger partial charge on any atom is -0.377 e.